The van der Waals surface area contributed by atoms with Gasteiger partial charge in [-0.05, 0) is 5.41 Å². The SMILES string of the molecule is CC(=O)NCCOCCOCCOCCC(=O)CC(C)(C)C.I[I-]I. The van der Waals surface area contributed by atoms with Crippen LogP contribution in [0.1, 0.15) is 40.5 Å². The van der Waals surface area contributed by atoms with Crippen LogP contribution in [0.15, 0.2) is 0 Å². The van der Waals surface area contributed by atoms with Crippen molar-refractivity contribution in [3.63, 3.8) is 0 Å². The molecule has 1 N–H and O–H groups in total. The van der Waals surface area contributed by atoms with Gasteiger partial charge in [0.1, 0.15) is 5.78 Å². The van der Waals surface area contributed by atoms with Gasteiger partial charge < -0.3 is 19.5 Å². The number of carbonyl (C=O) groups is 2. The molecule has 0 radical (unpaired) electrons. The van der Waals surface area contributed by atoms with Crippen LogP contribution < -0.4 is 18.6 Å². The van der Waals surface area contributed by atoms with E-state index in [-0.39, 0.29) is 17.1 Å². The van der Waals surface area contributed by atoms with Gasteiger partial charge in [0.05, 0.1) is 39.6 Å². The number of amides is 1. The van der Waals surface area contributed by atoms with E-state index in [9.17, 15) is 9.59 Å². The Hall–Kier alpha value is 1.21. The maximum atomic E-state index is 11.6. The molecule has 6 nitrogen and oxygen atoms in total. The fourth-order valence-corrected chi connectivity index (χ4v) is 1.71. The molecule has 0 aromatic heterocycles. The topological polar surface area (TPSA) is 73.9 Å². The molecule has 0 saturated heterocycles. The van der Waals surface area contributed by atoms with Crippen LogP contribution in [-0.2, 0) is 23.8 Å². The van der Waals surface area contributed by atoms with Crippen molar-refractivity contribution in [2.75, 3.05) is 46.2 Å². The molecule has 1 amide bonds. The number of nitrogens with one attached hydrogen (secondary N) is 1. The van der Waals surface area contributed by atoms with E-state index in [1.54, 1.807) is 0 Å². The van der Waals surface area contributed by atoms with Crippen LogP contribution in [0.4, 0.5) is 0 Å². The first-order valence-corrected chi connectivity index (χ1v) is 20.7. The molecule has 0 aliphatic heterocycles. The Kier molecular flexibility index (Phi) is 22.7. The Balaban J connectivity index is 0. The van der Waals surface area contributed by atoms with Crippen LogP contribution in [0.25, 0.3) is 0 Å². The third-order valence-electron chi connectivity index (χ3n) is 2.62. The summed E-state index contributed by atoms with van der Waals surface area (Å²) in [4.78, 5) is 22.2. The first-order valence-electron chi connectivity index (χ1n) is 8.09. The van der Waals surface area contributed by atoms with Gasteiger partial charge in [-0.15, -0.1) is 0 Å². The number of hydrogen-bond donors (Lipinski definition) is 1. The van der Waals surface area contributed by atoms with Gasteiger partial charge in [0.15, 0.2) is 0 Å². The zero-order chi connectivity index (χ0) is 19.6. The van der Waals surface area contributed by atoms with Crippen molar-refractivity contribution in [3.8, 4) is 0 Å². The van der Waals surface area contributed by atoms with Gasteiger partial charge in [-0.2, -0.15) is 0 Å². The number of hydrogen-bond acceptors (Lipinski definition) is 5. The average Bonchev–Trinajstić information content (AvgIpc) is 2.47. The Morgan fingerprint density at radius 1 is 0.920 bits per heavy atom. The van der Waals surface area contributed by atoms with Crippen molar-refractivity contribution in [2.24, 2.45) is 5.41 Å². The summed E-state index contributed by atoms with van der Waals surface area (Å²) in [6.45, 7) is 11.0. The van der Waals surface area contributed by atoms with E-state index >= 15 is 0 Å². The summed E-state index contributed by atoms with van der Waals surface area (Å²) in [7, 11) is 0. The molecule has 0 spiro atoms. The monoisotopic (exact) mass is 698 g/mol. The molecule has 0 saturated carbocycles. The molecule has 0 rings (SSSR count). The first kappa shape index (κ1) is 28.4. The van der Waals surface area contributed by atoms with Gasteiger partial charge in [0, 0.05) is 26.3 Å². The van der Waals surface area contributed by atoms with E-state index in [2.05, 4.69) is 63.3 Å². The zero-order valence-corrected chi connectivity index (χ0v) is 22.0. The summed E-state index contributed by atoms with van der Waals surface area (Å²) >= 11 is 5.30. The van der Waals surface area contributed by atoms with Crippen LogP contribution in [-0.4, -0.2) is 57.9 Å². The Morgan fingerprint density at radius 2 is 1.36 bits per heavy atom. The fraction of sp³-hybridized carbons (Fsp3) is 0.875. The molecule has 0 atom stereocenters. The van der Waals surface area contributed by atoms with E-state index in [4.69, 9.17) is 14.2 Å². The zero-order valence-electron chi connectivity index (χ0n) is 15.5. The molecule has 0 aliphatic carbocycles. The molecule has 9 heteroatoms. The second-order valence-electron chi connectivity index (χ2n) is 6.40. The van der Waals surface area contributed by atoms with Gasteiger partial charge in [-0.3, -0.25) is 9.59 Å². The number of carbonyl (C=O) groups excluding carboxylic acids is 2. The van der Waals surface area contributed by atoms with E-state index in [0.717, 1.165) is 0 Å². The third kappa shape index (κ3) is 30.2. The predicted octanol–water partition coefficient (Wildman–Crippen LogP) is 0.343. The van der Waals surface area contributed by atoms with Crippen molar-refractivity contribution in [2.45, 2.75) is 40.5 Å². The van der Waals surface area contributed by atoms with E-state index < -0.39 is 0 Å². The molecule has 152 valence electrons. The summed E-state index contributed by atoms with van der Waals surface area (Å²) in [5.41, 5.74) is 0.0418. The molecule has 0 aliphatic rings. The van der Waals surface area contributed by atoms with Gasteiger partial charge >= 0.3 is 50.5 Å². The van der Waals surface area contributed by atoms with Gasteiger partial charge in [-0.25, -0.2) is 0 Å². The summed E-state index contributed by atoms with van der Waals surface area (Å²) in [6, 6.07) is 0. The number of Topliss-reactive ketones (excluding diaryl/α,β-unsaturated/α-hetero) is 1. The van der Waals surface area contributed by atoms with Crippen molar-refractivity contribution in [1.82, 2.24) is 5.32 Å². The minimum atomic E-state index is -0.0574. The predicted molar refractivity (Wildman–Crippen MR) is 113 cm³/mol. The summed E-state index contributed by atoms with van der Waals surface area (Å²) < 4.78 is 15.9. The van der Waals surface area contributed by atoms with E-state index in [1.807, 2.05) is 0 Å². The van der Waals surface area contributed by atoms with Crippen LogP contribution in [0.5, 0.6) is 0 Å². The van der Waals surface area contributed by atoms with Gasteiger partial charge in [0.2, 0.25) is 5.91 Å². The Labute approximate surface area is 181 Å². The molecule has 0 aromatic carbocycles. The normalized spacial score (nSPS) is 11.0. The summed E-state index contributed by atoms with van der Waals surface area (Å²) in [5, 5.41) is 2.64. The van der Waals surface area contributed by atoms with Crippen molar-refractivity contribution in [1.29, 1.82) is 0 Å². The first-order chi connectivity index (χ1) is 11.7. The molecular formula is C16H31I3NO5-. The quantitative estimate of drug-likeness (QED) is 0.222. The number of rotatable bonds is 13. The molecule has 0 fully saturated rings. The number of halogens is 3. The Morgan fingerprint density at radius 3 is 1.80 bits per heavy atom. The van der Waals surface area contributed by atoms with Crippen LogP contribution in [0, 0.1) is 5.41 Å². The van der Waals surface area contributed by atoms with Crippen LogP contribution in [0.2, 0.25) is 0 Å². The Bertz CT molecular complexity index is 338. The second-order valence-corrected chi connectivity index (χ2v) is 22.6. The molecular weight excluding hydrogens is 667 g/mol. The van der Waals surface area contributed by atoms with Crippen LogP contribution in [0.3, 0.4) is 0 Å². The fourth-order valence-electron chi connectivity index (χ4n) is 1.71. The van der Waals surface area contributed by atoms with Crippen molar-refractivity contribution < 1.29 is 37.1 Å². The van der Waals surface area contributed by atoms with Crippen molar-refractivity contribution in [3.05, 3.63) is 0 Å². The van der Waals surface area contributed by atoms with Crippen molar-refractivity contribution >= 4 is 48.9 Å². The van der Waals surface area contributed by atoms with Gasteiger partial charge in [-0.1, -0.05) is 20.8 Å². The summed E-state index contributed by atoms with van der Waals surface area (Å²) in [6.07, 6.45) is 1.05. The molecule has 25 heavy (non-hydrogen) atoms. The maximum absolute atomic E-state index is 11.6. The van der Waals surface area contributed by atoms with Gasteiger partial charge in [0.25, 0.3) is 0 Å². The summed E-state index contributed by atoms with van der Waals surface area (Å²) in [5.74, 6) is 0.180. The number of ketones is 1. The van der Waals surface area contributed by atoms with E-state index in [1.165, 1.54) is 6.92 Å². The number of ether oxygens (including phenoxy) is 3. The molecule has 0 bridgehead atoms. The molecule has 0 unspecified atom stereocenters. The third-order valence-corrected chi connectivity index (χ3v) is 2.62. The van der Waals surface area contributed by atoms with Crippen LogP contribution >= 0.6 is 37.2 Å². The minimum absolute atomic E-state index is 0.0418. The molecule has 0 aromatic rings. The standard InChI is InChI=1S/C16H31NO5.I3/c1-14(18)17-6-8-21-10-12-22-11-9-20-7-5-15(19)13-16(2,3)4;1-3-2/h5-13H2,1-4H3,(H,17,18);/q;-1. The van der Waals surface area contributed by atoms with E-state index in [0.29, 0.717) is 72.3 Å². The molecule has 0 heterocycles. The second kappa shape index (κ2) is 20.0. The average molecular weight is 698 g/mol.